The second-order valence-corrected chi connectivity index (χ2v) is 25.1. The molecule has 0 saturated carbocycles. The monoisotopic (exact) mass is 1120 g/mol. The summed E-state index contributed by atoms with van der Waals surface area (Å²) < 4.78 is 0. The maximum Gasteiger partial charge on any atom is 2.00 e. The summed E-state index contributed by atoms with van der Waals surface area (Å²) in [5, 5.41) is 9.44. The molecule has 0 radical (unpaired) electrons. The number of hydrogen-bond donors (Lipinski definition) is 1. The zero-order valence-corrected chi connectivity index (χ0v) is 54.4. The van der Waals surface area contributed by atoms with Gasteiger partial charge in [0.2, 0.25) is 0 Å². The van der Waals surface area contributed by atoms with E-state index in [1.54, 1.807) is 0 Å². The first-order valence-electron chi connectivity index (χ1n) is 29.4. The number of nitrogens with zero attached hydrogens (tertiary/aromatic N) is 4. The average Bonchev–Trinajstić information content (AvgIpc) is 4.40. The van der Waals surface area contributed by atoms with Crippen molar-refractivity contribution in [2.75, 3.05) is 0 Å². The number of hydrogen-bond acceptors (Lipinski definition) is 3. The van der Waals surface area contributed by atoms with Crippen molar-refractivity contribution in [1.29, 1.82) is 0 Å². The summed E-state index contributed by atoms with van der Waals surface area (Å²) >= 11 is 0. The van der Waals surface area contributed by atoms with Crippen molar-refractivity contribution in [3.05, 3.63) is 163 Å². The van der Waals surface area contributed by atoms with E-state index in [1.807, 2.05) is 24.3 Å². The molecule has 9 rings (SSSR count). The van der Waals surface area contributed by atoms with Gasteiger partial charge in [-0.2, -0.15) is 0 Å². The number of carboxylic acids is 1. The van der Waals surface area contributed by atoms with Gasteiger partial charge < -0.3 is 15.1 Å². The van der Waals surface area contributed by atoms with Crippen molar-refractivity contribution in [3.63, 3.8) is 0 Å². The van der Waals surface area contributed by atoms with Crippen LogP contribution in [0.4, 0.5) is 0 Å². The largest absolute Gasteiger partial charge is 2.00 e. The number of fused-ring (bicyclic) bond motifs is 8. The van der Waals surface area contributed by atoms with Crippen LogP contribution in [0.25, 0.3) is 90.9 Å². The van der Waals surface area contributed by atoms with E-state index in [-0.39, 0.29) is 55.0 Å². The number of aliphatic carboxylic acids is 1. The normalized spacial score (nSPS) is 12.4. The third-order valence-electron chi connectivity index (χ3n) is 16.2. The van der Waals surface area contributed by atoms with Crippen molar-refractivity contribution < 1.29 is 29.4 Å². The predicted octanol–water partition coefficient (Wildman–Crippen LogP) is 20.1. The quantitative estimate of drug-likeness (QED) is 0.0914. The Hall–Kier alpha value is -6.87. The van der Waals surface area contributed by atoms with E-state index < -0.39 is 5.97 Å². The van der Waals surface area contributed by atoms with E-state index in [4.69, 9.17) is 19.9 Å². The van der Waals surface area contributed by atoms with Gasteiger partial charge in [-0.25, -0.2) is 14.8 Å². The molecule has 6 nitrogen and oxygen atoms in total. The van der Waals surface area contributed by atoms with Crippen molar-refractivity contribution >= 4 is 52.3 Å². The number of benzene rings is 4. The Bertz CT molecular complexity index is 3700. The molecule has 0 unspecified atom stereocenters. The van der Waals surface area contributed by atoms with Crippen LogP contribution in [0.15, 0.2) is 84.9 Å². The van der Waals surface area contributed by atoms with Crippen LogP contribution in [-0.4, -0.2) is 21.0 Å². The molecular weight excluding hydrogens is 1040 g/mol. The third kappa shape index (κ3) is 11.9. The molecule has 0 aliphatic carbocycles. The Morgan fingerprint density at radius 1 is 0.370 bits per heavy atom. The van der Waals surface area contributed by atoms with Gasteiger partial charge in [0.15, 0.2) is 0 Å². The topological polar surface area (TPSA) is 91.3 Å². The van der Waals surface area contributed by atoms with Gasteiger partial charge in [0.05, 0.1) is 22.8 Å². The second kappa shape index (κ2) is 24.3. The van der Waals surface area contributed by atoms with Gasteiger partial charge in [0.25, 0.3) is 0 Å². The Morgan fingerprint density at radius 3 is 0.877 bits per heavy atom. The molecule has 1 N–H and O–H groups in total. The first kappa shape index (κ1) is 60.2. The summed E-state index contributed by atoms with van der Waals surface area (Å²) in [4.78, 5) is 34.8. The first-order valence-corrected chi connectivity index (χ1v) is 29.4. The standard InChI is InChI=1S/C74H83N4O2.Zn/c1-39(2)50-33-53(42(7)8)69(54(34-50)43(9)10)72-61-26-24-59(75-61)68(49-22-19-48(20-23-49)21-32-67(79)80)60-25-27-62(76-60)73(70-55(44(11)12)35-51(40(3)4)36-56(70)45(13)14)64-29-31-66(78-64)74(65-30-28-63(72)77-65)71-57(46(15)16)37-52(41(5)6)38-58(71)47(17)18;/h19-20,22-31,33-47H,1-18H3,(H2-,75,76,77,78,79,80);/q-1;+2/p-1. The van der Waals surface area contributed by atoms with Gasteiger partial charge in [-0.3, -0.25) is 0 Å². The molecule has 81 heavy (non-hydrogen) atoms. The van der Waals surface area contributed by atoms with Crippen LogP contribution in [0.5, 0.6) is 0 Å². The Labute approximate surface area is 496 Å². The molecule has 7 aromatic rings. The third-order valence-corrected chi connectivity index (χ3v) is 16.2. The van der Waals surface area contributed by atoms with E-state index in [9.17, 15) is 9.90 Å². The number of carbonyl (C=O) groups is 1. The Balaban J connectivity index is 0.00000860. The van der Waals surface area contributed by atoms with E-state index in [2.05, 4.69) is 221 Å². The molecule has 5 heterocycles. The number of carboxylic acid groups (broad SMARTS) is 1. The van der Waals surface area contributed by atoms with Crippen LogP contribution in [0.3, 0.4) is 0 Å². The molecule has 0 spiro atoms. The van der Waals surface area contributed by atoms with Crippen molar-refractivity contribution in [2.45, 2.75) is 178 Å². The van der Waals surface area contributed by atoms with E-state index in [0.717, 1.165) is 72.7 Å². The minimum absolute atomic E-state index is 0. The molecular formula is C74H82N4O2Zn. The zero-order valence-electron chi connectivity index (χ0n) is 51.4. The summed E-state index contributed by atoms with van der Waals surface area (Å²) in [6, 6.07) is 31.1. The molecule has 2 aliphatic rings. The molecule has 0 fully saturated rings. The Kier molecular flexibility index (Phi) is 18.1. The van der Waals surface area contributed by atoms with Crippen LogP contribution < -0.4 is 9.97 Å². The summed E-state index contributed by atoms with van der Waals surface area (Å²) in [5.41, 5.74) is 27.2. The number of aromatic nitrogens is 4. The molecule has 0 atom stereocenters. The molecule has 8 bridgehead atoms. The smallest absolute Gasteiger partial charge is 0.657 e. The summed E-state index contributed by atoms with van der Waals surface area (Å²) in [5.74, 6) is 6.17. The van der Waals surface area contributed by atoms with Gasteiger partial charge in [-0.05, 0) is 184 Å². The second-order valence-electron chi connectivity index (χ2n) is 25.1. The molecule has 0 saturated heterocycles. The molecule has 3 aromatic heterocycles. The van der Waals surface area contributed by atoms with Crippen LogP contribution in [-0.2, 0) is 24.3 Å². The van der Waals surface area contributed by atoms with E-state index in [0.29, 0.717) is 23.3 Å². The Morgan fingerprint density at radius 2 is 0.630 bits per heavy atom. The van der Waals surface area contributed by atoms with Gasteiger partial charge in [0.1, 0.15) is 0 Å². The minimum atomic E-state index is -1.17. The fourth-order valence-corrected chi connectivity index (χ4v) is 11.7. The molecule has 2 aliphatic heterocycles. The molecule has 0 amide bonds. The van der Waals surface area contributed by atoms with Crippen molar-refractivity contribution in [2.24, 2.45) is 0 Å². The summed E-state index contributed by atoms with van der Waals surface area (Å²) in [7, 11) is 0. The first-order chi connectivity index (χ1) is 37.9. The maximum absolute atomic E-state index is 11.5. The molecule has 412 valence electrons. The van der Waals surface area contributed by atoms with Crippen LogP contribution in [0, 0.1) is 11.8 Å². The predicted molar refractivity (Wildman–Crippen MR) is 340 cm³/mol. The summed E-state index contributed by atoms with van der Waals surface area (Å²) in [6.45, 7) is 41.4. The average molecular weight is 1120 g/mol. The van der Waals surface area contributed by atoms with Crippen LogP contribution in [0.2, 0.25) is 0 Å². The minimum Gasteiger partial charge on any atom is -0.657 e. The summed E-state index contributed by atoms with van der Waals surface area (Å²) in [6.07, 6.45) is 8.76. The van der Waals surface area contributed by atoms with Gasteiger partial charge in [0, 0.05) is 11.5 Å². The van der Waals surface area contributed by atoms with E-state index >= 15 is 0 Å². The van der Waals surface area contributed by atoms with Crippen molar-refractivity contribution in [1.82, 2.24) is 19.9 Å². The fourth-order valence-electron chi connectivity index (χ4n) is 11.7. The van der Waals surface area contributed by atoms with Gasteiger partial charge in [-0.1, -0.05) is 203 Å². The van der Waals surface area contributed by atoms with Crippen molar-refractivity contribution in [3.8, 4) is 56.3 Å². The zero-order chi connectivity index (χ0) is 57.8. The van der Waals surface area contributed by atoms with Gasteiger partial charge in [-0.15, -0.1) is 22.1 Å². The van der Waals surface area contributed by atoms with E-state index in [1.165, 1.54) is 66.8 Å². The molecule has 7 heteroatoms. The van der Waals surface area contributed by atoms with Gasteiger partial charge >= 0.3 is 25.4 Å². The fraction of sp³-hybridized carbons (Fsp3) is 0.365. The number of rotatable bonds is 13. The molecule has 4 aromatic carbocycles. The maximum atomic E-state index is 11.5. The van der Waals surface area contributed by atoms with Crippen LogP contribution >= 0.6 is 0 Å². The van der Waals surface area contributed by atoms with Crippen LogP contribution in [0.1, 0.15) is 256 Å². The SMILES string of the molecule is CC(C)c1cc(C(C)C)c(-c2c3nc(c(-c4c(C(C)C)cc(C(C)C)cc4C(C)C)c4ccc([n-]4)c(-c4c(C(C)C)cc(C(C)C)cc4C(C)C)c4nc(c(-c5ccc(C#CC(=O)O)cc5)c5ccc2[n-]5)C=C4)C=C3)c(C(C)C)c1.[Zn+2].